The largest absolute Gasteiger partial charge is 0.355 e. The summed E-state index contributed by atoms with van der Waals surface area (Å²) in [6.07, 6.45) is 10.5. The topological polar surface area (TPSA) is 32.3 Å². The average molecular weight is 333 g/mol. The van der Waals surface area contributed by atoms with Gasteiger partial charge in [-0.1, -0.05) is 23.8 Å². The van der Waals surface area contributed by atoms with Crippen LogP contribution in [0.5, 0.6) is 0 Å². The number of hydrogen-bond donors (Lipinski definition) is 1. The molecule has 0 aromatic heterocycles. The number of benzene rings is 1. The van der Waals surface area contributed by atoms with Gasteiger partial charge in [0.1, 0.15) is 0 Å². The first-order valence-corrected chi connectivity index (χ1v) is 9.66. The Morgan fingerprint density at radius 2 is 2.04 bits per heavy atom. The summed E-state index contributed by atoms with van der Waals surface area (Å²) < 4.78 is 0. The molecule has 1 aliphatic carbocycles. The smallest absolute Gasteiger partial charge is 0.234 e. The van der Waals surface area contributed by atoms with E-state index in [1.54, 1.807) is 11.8 Å². The molecular formula is C19H28N2OS. The lowest BCUT2D eigenvalue weighted by atomic mass is 9.97. The summed E-state index contributed by atoms with van der Waals surface area (Å²) in [6, 6.07) is 8.53. The molecule has 0 aliphatic heterocycles. The molecule has 0 heterocycles. The summed E-state index contributed by atoms with van der Waals surface area (Å²) in [7, 11) is 1.99. The number of amides is 1. The van der Waals surface area contributed by atoms with Gasteiger partial charge in [0.05, 0.1) is 6.54 Å². The van der Waals surface area contributed by atoms with Crippen LogP contribution in [0.15, 0.2) is 40.8 Å². The van der Waals surface area contributed by atoms with E-state index in [2.05, 4.69) is 46.8 Å². The zero-order chi connectivity index (χ0) is 16.5. The van der Waals surface area contributed by atoms with Crippen LogP contribution in [0.2, 0.25) is 0 Å². The maximum atomic E-state index is 12.0. The first kappa shape index (κ1) is 18.1. The van der Waals surface area contributed by atoms with Crippen molar-refractivity contribution in [1.82, 2.24) is 10.2 Å². The quantitative estimate of drug-likeness (QED) is 0.580. The van der Waals surface area contributed by atoms with E-state index in [1.165, 1.54) is 41.7 Å². The van der Waals surface area contributed by atoms with E-state index < -0.39 is 0 Å². The summed E-state index contributed by atoms with van der Waals surface area (Å²) >= 11 is 1.75. The maximum Gasteiger partial charge on any atom is 0.234 e. The van der Waals surface area contributed by atoms with Gasteiger partial charge >= 0.3 is 0 Å². The van der Waals surface area contributed by atoms with Crippen molar-refractivity contribution in [1.29, 1.82) is 0 Å². The van der Waals surface area contributed by atoms with E-state index in [0.717, 1.165) is 19.5 Å². The Hall–Kier alpha value is -1.26. The van der Waals surface area contributed by atoms with Crippen molar-refractivity contribution >= 4 is 17.7 Å². The molecular weight excluding hydrogens is 304 g/mol. The highest BCUT2D eigenvalue weighted by Gasteiger charge is 2.08. The zero-order valence-corrected chi connectivity index (χ0v) is 15.1. The number of allylic oxidation sites excluding steroid dienone is 1. The Bertz CT molecular complexity index is 525. The number of rotatable bonds is 8. The predicted octanol–water partition coefficient (Wildman–Crippen LogP) is 3.85. The van der Waals surface area contributed by atoms with Crippen LogP contribution in [0.3, 0.4) is 0 Å². The molecule has 1 amide bonds. The van der Waals surface area contributed by atoms with E-state index in [4.69, 9.17) is 0 Å². The third-order valence-corrected chi connectivity index (χ3v) is 4.92. The van der Waals surface area contributed by atoms with Gasteiger partial charge in [-0.3, -0.25) is 9.69 Å². The van der Waals surface area contributed by atoms with E-state index in [-0.39, 0.29) is 5.91 Å². The van der Waals surface area contributed by atoms with Gasteiger partial charge in [-0.2, -0.15) is 0 Å². The van der Waals surface area contributed by atoms with Crippen molar-refractivity contribution in [3.63, 3.8) is 0 Å². The third-order valence-electron chi connectivity index (χ3n) is 4.18. The van der Waals surface area contributed by atoms with Crippen molar-refractivity contribution in [2.75, 3.05) is 26.4 Å². The summed E-state index contributed by atoms with van der Waals surface area (Å²) in [5.41, 5.74) is 2.75. The lowest BCUT2D eigenvalue weighted by molar-refractivity contribution is -0.122. The molecule has 0 spiro atoms. The Labute approximate surface area is 144 Å². The molecule has 0 saturated heterocycles. The highest BCUT2D eigenvalue weighted by atomic mass is 32.2. The number of carbonyl (C=O) groups excluding carboxylic acids is 1. The fraction of sp³-hybridized carbons (Fsp3) is 0.526. The van der Waals surface area contributed by atoms with Crippen LogP contribution in [0.25, 0.3) is 0 Å². The van der Waals surface area contributed by atoms with Gasteiger partial charge in [-0.25, -0.2) is 0 Å². The number of nitrogens with one attached hydrogen (secondary N) is 1. The molecule has 0 atom stereocenters. The number of hydrogen-bond acceptors (Lipinski definition) is 3. The molecule has 126 valence electrons. The predicted molar refractivity (Wildman–Crippen MR) is 98.7 cm³/mol. The standard InChI is InChI=1S/C19H28N2OS/c1-21(14-17-8-10-18(23-2)11-9-17)15-19(22)20-13-12-16-6-4-3-5-7-16/h6,8-11H,3-5,7,12-15H2,1-2H3,(H,20,22). The second-order valence-corrected chi connectivity index (χ2v) is 7.11. The van der Waals surface area contributed by atoms with Gasteiger partial charge in [-0.05, 0) is 63.1 Å². The fourth-order valence-electron chi connectivity index (χ4n) is 2.89. The van der Waals surface area contributed by atoms with E-state index in [1.807, 2.05) is 7.05 Å². The second kappa shape index (κ2) is 9.78. The Kier molecular flexibility index (Phi) is 7.69. The SMILES string of the molecule is CSc1ccc(CN(C)CC(=O)NCCC2=CCCCC2)cc1. The van der Waals surface area contributed by atoms with Crippen LogP contribution in [0.4, 0.5) is 0 Å². The van der Waals surface area contributed by atoms with Crippen LogP contribution in [0, 0.1) is 0 Å². The molecule has 0 unspecified atom stereocenters. The number of nitrogens with zero attached hydrogens (tertiary/aromatic N) is 1. The number of thioether (sulfide) groups is 1. The lowest BCUT2D eigenvalue weighted by Gasteiger charge is -2.17. The third kappa shape index (κ3) is 6.80. The van der Waals surface area contributed by atoms with Crippen LogP contribution in [0.1, 0.15) is 37.7 Å². The molecule has 1 aromatic carbocycles. The van der Waals surface area contributed by atoms with E-state index >= 15 is 0 Å². The molecule has 0 saturated carbocycles. The first-order valence-electron chi connectivity index (χ1n) is 8.43. The highest BCUT2D eigenvalue weighted by molar-refractivity contribution is 7.98. The summed E-state index contributed by atoms with van der Waals surface area (Å²) in [4.78, 5) is 15.3. The molecule has 4 heteroatoms. The van der Waals surface area contributed by atoms with Crippen LogP contribution >= 0.6 is 11.8 Å². The summed E-state index contributed by atoms with van der Waals surface area (Å²) in [6.45, 7) is 2.01. The second-order valence-electron chi connectivity index (χ2n) is 6.23. The molecule has 1 aliphatic rings. The van der Waals surface area contributed by atoms with Gasteiger partial charge in [-0.15, -0.1) is 11.8 Å². The van der Waals surface area contributed by atoms with Crippen LogP contribution in [-0.4, -0.2) is 37.2 Å². The fourth-order valence-corrected chi connectivity index (χ4v) is 3.30. The molecule has 3 nitrogen and oxygen atoms in total. The van der Waals surface area contributed by atoms with Crippen LogP contribution < -0.4 is 5.32 Å². The minimum absolute atomic E-state index is 0.115. The summed E-state index contributed by atoms with van der Waals surface area (Å²) in [5, 5.41) is 3.04. The highest BCUT2D eigenvalue weighted by Crippen LogP contribution is 2.19. The Morgan fingerprint density at radius 3 is 2.70 bits per heavy atom. The molecule has 1 aromatic rings. The van der Waals surface area contributed by atoms with Gasteiger partial charge in [0.2, 0.25) is 5.91 Å². The number of likely N-dealkylation sites (N-methyl/N-ethyl adjacent to an activating group) is 1. The first-order chi connectivity index (χ1) is 11.2. The lowest BCUT2D eigenvalue weighted by Crippen LogP contribution is -2.35. The molecule has 23 heavy (non-hydrogen) atoms. The normalized spacial score (nSPS) is 14.7. The molecule has 0 radical (unpaired) electrons. The van der Waals surface area contributed by atoms with Crippen molar-refractivity contribution in [2.24, 2.45) is 0 Å². The monoisotopic (exact) mass is 332 g/mol. The molecule has 0 fully saturated rings. The minimum atomic E-state index is 0.115. The molecule has 2 rings (SSSR count). The minimum Gasteiger partial charge on any atom is -0.355 e. The van der Waals surface area contributed by atoms with Gasteiger partial charge < -0.3 is 5.32 Å². The number of carbonyl (C=O) groups is 1. The van der Waals surface area contributed by atoms with Gasteiger partial charge in [0.25, 0.3) is 0 Å². The van der Waals surface area contributed by atoms with Crippen molar-refractivity contribution in [3.05, 3.63) is 41.5 Å². The summed E-state index contributed by atoms with van der Waals surface area (Å²) in [5.74, 6) is 0.115. The zero-order valence-electron chi connectivity index (χ0n) is 14.3. The van der Waals surface area contributed by atoms with Gasteiger partial charge in [0, 0.05) is 18.0 Å². The van der Waals surface area contributed by atoms with Crippen molar-refractivity contribution in [3.8, 4) is 0 Å². The van der Waals surface area contributed by atoms with Crippen LogP contribution in [-0.2, 0) is 11.3 Å². The van der Waals surface area contributed by atoms with E-state index in [9.17, 15) is 4.79 Å². The average Bonchev–Trinajstić information content (AvgIpc) is 2.56. The van der Waals surface area contributed by atoms with Crippen molar-refractivity contribution < 1.29 is 4.79 Å². The van der Waals surface area contributed by atoms with Crippen molar-refractivity contribution in [2.45, 2.75) is 43.5 Å². The Morgan fingerprint density at radius 1 is 1.26 bits per heavy atom. The maximum absolute atomic E-state index is 12.0. The molecule has 1 N–H and O–H groups in total. The van der Waals surface area contributed by atoms with E-state index in [0.29, 0.717) is 6.54 Å². The van der Waals surface area contributed by atoms with Gasteiger partial charge in [0.15, 0.2) is 0 Å². The Balaban J connectivity index is 1.66. The molecule has 0 bridgehead atoms.